The Hall–Kier alpha value is -3.83. The number of anilines is 1. The molecule has 2 aliphatic heterocycles. The molecule has 9 nitrogen and oxygen atoms in total. The average molecular weight is 502 g/mol. The maximum Gasteiger partial charge on any atom is 0.433 e. The number of H-pyrrole nitrogens is 1. The average Bonchev–Trinajstić information content (AvgIpc) is 3.59. The number of piperidine rings is 1. The number of aryl methyl sites for hydroxylation is 1. The first-order chi connectivity index (χ1) is 17.1. The van der Waals surface area contributed by atoms with E-state index >= 15 is 0 Å². The van der Waals surface area contributed by atoms with E-state index in [1.807, 2.05) is 18.2 Å². The first kappa shape index (κ1) is 23.9. The first-order valence-electron chi connectivity index (χ1n) is 11.5. The van der Waals surface area contributed by atoms with Crippen molar-refractivity contribution >= 4 is 17.5 Å². The molecule has 0 unspecified atom stereocenters. The standard InChI is InChI=1S/C24H25F3N6O3/c1-31-20(24(25,26)27)12-18(30-31)21(34)32-8-5-23(6-9-32)7-10-33(22(23)35)16-3-4-17(19(11-16)36-2)15-13-28-29-14-15/h3-4,11-14H,5-10H2,1-2H3,(H,28,29). The van der Waals surface area contributed by atoms with Gasteiger partial charge in [0.15, 0.2) is 5.69 Å². The summed E-state index contributed by atoms with van der Waals surface area (Å²) in [4.78, 5) is 29.6. The number of likely N-dealkylation sites (tertiary alicyclic amines) is 1. The third-order valence-electron chi connectivity index (χ3n) is 7.22. The van der Waals surface area contributed by atoms with Gasteiger partial charge in [-0.3, -0.25) is 19.4 Å². The fourth-order valence-corrected chi connectivity index (χ4v) is 5.15. The number of amides is 2. The summed E-state index contributed by atoms with van der Waals surface area (Å²) in [5.41, 5.74) is 0.628. The van der Waals surface area contributed by atoms with Crippen molar-refractivity contribution in [3.05, 3.63) is 48.0 Å². The predicted molar refractivity (Wildman–Crippen MR) is 123 cm³/mol. The van der Waals surface area contributed by atoms with Crippen LogP contribution in [0.4, 0.5) is 18.9 Å². The lowest BCUT2D eigenvalue weighted by Gasteiger charge is -2.37. The number of rotatable bonds is 4. The Morgan fingerprint density at radius 2 is 1.86 bits per heavy atom. The molecule has 5 rings (SSSR count). The summed E-state index contributed by atoms with van der Waals surface area (Å²) >= 11 is 0. The Labute approximate surface area is 204 Å². The summed E-state index contributed by atoms with van der Waals surface area (Å²) in [6.45, 7) is 1.09. The number of benzene rings is 1. The number of carbonyl (C=O) groups is 2. The van der Waals surface area contributed by atoms with Gasteiger partial charge in [0.05, 0.1) is 18.7 Å². The molecule has 1 aromatic carbocycles. The highest BCUT2D eigenvalue weighted by atomic mass is 19.4. The highest BCUT2D eigenvalue weighted by Crippen LogP contribution is 2.44. The Kier molecular flexibility index (Phi) is 5.76. The first-order valence-corrected chi connectivity index (χ1v) is 11.5. The molecule has 0 aliphatic carbocycles. The number of halogens is 3. The Morgan fingerprint density at radius 3 is 2.47 bits per heavy atom. The van der Waals surface area contributed by atoms with E-state index in [1.54, 1.807) is 24.4 Å². The van der Waals surface area contributed by atoms with Crippen molar-refractivity contribution in [3.63, 3.8) is 0 Å². The minimum atomic E-state index is -4.59. The molecular formula is C24H25F3N6O3. The zero-order valence-electron chi connectivity index (χ0n) is 19.8. The van der Waals surface area contributed by atoms with Gasteiger partial charge in [0.25, 0.3) is 5.91 Å². The molecule has 4 heterocycles. The number of hydrogen-bond acceptors (Lipinski definition) is 5. The van der Waals surface area contributed by atoms with E-state index < -0.39 is 23.2 Å². The molecule has 2 aliphatic rings. The van der Waals surface area contributed by atoms with Gasteiger partial charge in [-0.05, 0) is 31.4 Å². The molecule has 1 N–H and O–H groups in total. The highest BCUT2D eigenvalue weighted by molar-refractivity contribution is 6.01. The van der Waals surface area contributed by atoms with Gasteiger partial charge in [-0.25, -0.2) is 0 Å². The molecule has 2 amide bonds. The van der Waals surface area contributed by atoms with Gasteiger partial charge in [-0.15, -0.1) is 0 Å². The quantitative estimate of drug-likeness (QED) is 0.589. The lowest BCUT2D eigenvalue weighted by molar-refractivity contribution is -0.143. The third kappa shape index (κ3) is 3.99. The van der Waals surface area contributed by atoms with Crippen molar-refractivity contribution in [3.8, 4) is 16.9 Å². The van der Waals surface area contributed by atoms with Crippen LogP contribution in [0.1, 0.15) is 35.4 Å². The van der Waals surface area contributed by atoms with Gasteiger partial charge >= 0.3 is 6.18 Å². The molecule has 2 fully saturated rings. The van der Waals surface area contributed by atoms with Gasteiger partial charge in [0.2, 0.25) is 5.91 Å². The maximum atomic E-state index is 13.5. The number of ether oxygens (including phenoxy) is 1. The van der Waals surface area contributed by atoms with Gasteiger partial charge < -0.3 is 14.5 Å². The van der Waals surface area contributed by atoms with Crippen LogP contribution in [0.25, 0.3) is 11.1 Å². The van der Waals surface area contributed by atoms with Crippen LogP contribution in [0, 0.1) is 5.41 Å². The molecule has 0 bridgehead atoms. The van der Waals surface area contributed by atoms with Crippen LogP contribution in [0.3, 0.4) is 0 Å². The number of aromatic amines is 1. The second-order valence-corrected chi connectivity index (χ2v) is 9.19. The topological polar surface area (TPSA) is 96.3 Å². The second kappa shape index (κ2) is 8.68. The number of alkyl halides is 3. The zero-order valence-corrected chi connectivity index (χ0v) is 19.8. The van der Waals surface area contributed by atoms with Gasteiger partial charge in [-0.1, -0.05) is 0 Å². The van der Waals surface area contributed by atoms with E-state index in [0.29, 0.717) is 36.2 Å². The molecule has 1 spiro atoms. The van der Waals surface area contributed by atoms with Crippen LogP contribution in [-0.2, 0) is 18.0 Å². The molecule has 2 saturated heterocycles. The number of hydrogen-bond donors (Lipinski definition) is 1. The van der Waals surface area contributed by atoms with Crippen molar-refractivity contribution < 1.29 is 27.5 Å². The van der Waals surface area contributed by atoms with Crippen LogP contribution in [0.15, 0.2) is 36.7 Å². The Bertz CT molecular complexity index is 1290. The van der Waals surface area contributed by atoms with Crippen molar-refractivity contribution in [1.82, 2.24) is 24.9 Å². The minimum absolute atomic E-state index is 0.00935. The highest BCUT2D eigenvalue weighted by Gasteiger charge is 2.49. The van der Waals surface area contributed by atoms with E-state index in [-0.39, 0.29) is 24.7 Å². The van der Waals surface area contributed by atoms with E-state index in [9.17, 15) is 22.8 Å². The van der Waals surface area contributed by atoms with Crippen LogP contribution < -0.4 is 9.64 Å². The summed E-state index contributed by atoms with van der Waals surface area (Å²) < 4.78 is 45.5. The SMILES string of the molecule is COc1cc(N2CCC3(CCN(C(=O)c4cc(C(F)(F)F)n(C)n4)CC3)C2=O)ccc1-c1cn[nH]c1. The summed E-state index contributed by atoms with van der Waals surface area (Å²) in [6, 6.07) is 6.37. The van der Waals surface area contributed by atoms with Crippen molar-refractivity contribution in [1.29, 1.82) is 0 Å². The third-order valence-corrected chi connectivity index (χ3v) is 7.22. The summed E-state index contributed by atoms with van der Waals surface area (Å²) in [5, 5.41) is 10.5. The lowest BCUT2D eigenvalue weighted by atomic mass is 9.77. The van der Waals surface area contributed by atoms with E-state index in [0.717, 1.165) is 29.9 Å². The normalized spacial score (nSPS) is 17.8. The summed E-state index contributed by atoms with van der Waals surface area (Å²) in [6.07, 6.45) is 0.385. The van der Waals surface area contributed by atoms with Crippen LogP contribution in [-0.4, -0.2) is 63.4 Å². The fraction of sp³-hybridized carbons (Fsp3) is 0.417. The second-order valence-electron chi connectivity index (χ2n) is 9.19. The lowest BCUT2D eigenvalue weighted by Crippen LogP contribution is -2.46. The smallest absolute Gasteiger partial charge is 0.433 e. The number of nitrogens with one attached hydrogen (secondary N) is 1. The Balaban J connectivity index is 1.29. The molecule has 190 valence electrons. The van der Waals surface area contributed by atoms with Crippen molar-refractivity contribution in [2.24, 2.45) is 12.5 Å². The molecule has 0 radical (unpaired) electrons. The number of nitrogens with zero attached hydrogens (tertiary/aromatic N) is 5. The van der Waals surface area contributed by atoms with E-state index in [1.165, 1.54) is 4.90 Å². The Morgan fingerprint density at radius 1 is 1.14 bits per heavy atom. The van der Waals surface area contributed by atoms with Crippen molar-refractivity contribution in [2.75, 3.05) is 31.6 Å². The van der Waals surface area contributed by atoms with E-state index in [4.69, 9.17) is 4.74 Å². The number of methoxy groups -OCH3 is 1. The van der Waals surface area contributed by atoms with Crippen molar-refractivity contribution in [2.45, 2.75) is 25.4 Å². The number of carbonyl (C=O) groups excluding carboxylic acids is 2. The molecule has 0 atom stereocenters. The van der Waals surface area contributed by atoms with Crippen LogP contribution >= 0.6 is 0 Å². The maximum absolute atomic E-state index is 13.5. The predicted octanol–water partition coefficient (Wildman–Crippen LogP) is 3.50. The van der Waals surface area contributed by atoms with Gasteiger partial charge in [-0.2, -0.15) is 23.4 Å². The summed E-state index contributed by atoms with van der Waals surface area (Å²) in [7, 11) is 2.73. The molecule has 2 aromatic heterocycles. The fourth-order valence-electron chi connectivity index (χ4n) is 5.15. The molecule has 12 heteroatoms. The monoisotopic (exact) mass is 502 g/mol. The molecule has 0 saturated carbocycles. The molecule has 36 heavy (non-hydrogen) atoms. The largest absolute Gasteiger partial charge is 0.496 e. The zero-order chi connectivity index (χ0) is 25.7. The van der Waals surface area contributed by atoms with Crippen LogP contribution in [0.2, 0.25) is 0 Å². The van der Waals surface area contributed by atoms with Gasteiger partial charge in [0, 0.05) is 61.8 Å². The number of aromatic nitrogens is 4. The summed E-state index contributed by atoms with van der Waals surface area (Å²) in [5.74, 6) is 0.0550. The van der Waals surface area contributed by atoms with Gasteiger partial charge in [0.1, 0.15) is 11.4 Å². The minimum Gasteiger partial charge on any atom is -0.496 e. The van der Waals surface area contributed by atoms with Crippen LogP contribution in [0.5, 0.6) is 5.75 Å². The van der Waals surface area contributed by atoms with E-state index in [2.05, 4.69) is 15.3 Å². The molecule has 3 aromatic rings. The molecular weight excluding hydrogens is 477 g/mol.